The van der Waals surface area contributed by atoms with Crippen LogP contribution in [0.15, 0.2) is 70.6 Å². The van der Waals surface area contributed by atoms with E-state index in [-0.39, 0.29) is 5.91 Å². The lowest BCUT2D eigenvalue weighted by molar-refractivity contribution is -0.121. The molecule has 0 bridgehead atoms. The lowest BCUT2D eigenvalue weighted by Gasteiger charge is -2.04. The number of amides is 1. The number of thioether (sulfide) groups is 2. The van der Waals surface area contributed by atoms with E-state index in [1.54, 1.807) is 7.05 Å². The van der Waals surface area contributed by atoms with Crippen molar-refractivity contribution in [2.24, 2.45) is 0 Å². The third-order valence-electron chi connectivity index (χ3n) is 4.64. The van der Waals surface area contributed by atoms with Gasteiger partial charge in [0.1, 0.15) is 4.32 Å². The maximum absolute atomic E-state index is 12.5. The number of nitrogens with zero attached hydrogens (tertiary/aromatic N) is 3. The van der Waals surface area contributed by atoms with Gasteiger partial charge in [-0.05, 0) is 42.5 Å². The first kappa shape index (κ1) is 20.9. The Bertz CT molecular complexity index is 1100. The number of hydrogen-bond acceptors (Lipinski definition) is 5. The summed E-state index contributed by atoms with van der Waals surface area (Å²) in [5, 5.41) is 4.85. The summed E-state index contributed by atoms with van der Waals surface area (Å²) in [6.07, 6.45) is 5.00. The number of para-hydroxylation sites is 1. The summed E-state index contributed by atoms with van der Waals surface area (Å²) < 4.78 is 2.42. The molecule has 1 aliphatic heterocycles. The number of aromatic nitrogens is 2. The zero-order chi connectivity index (χ0) is 21.1. The van der Waals surface area contributed by atoms with E-state index in [9.17, 15) is 4.79 Å². The molecule has 3 aromatic rings. The molecule has 2 aromatic carbocycles. The Labute approximate surface area is 190 Å². The van der Waals surface area contributed by atoms with Crippen LogP contribution in [0, 0.1) is 0 Å². The van der Waals surface area contributed by atoms with E-state index >= 15 is 0 Å². The quantitative estimate of drug-likeness (QED) is 0.266. The number of carbonyl (C=O) groups excluding carboxylic acids is 1. The topological polar surface area (TPSA) is 38.1 Å². The minimum Gasteiger partial charge on any atom is -0.296 e. The van der Waals surface area contributed by atoms with Gasteiger partial charge in [-0.25, -0.2) is 4.68 Å². The molecule has 0 atom stereocenters. The highest BCUT2D eigenvalue weighted by Crippen LogP contribution is 2.34. The fourth-order valence-electron chi connectivity index (χ4n) is 3.05. The standard InChI is InChI=1S/C23H21N3OS3/c1-3-13-29-19-11-9-16(10-12-19)21-17(14-20-22(27)25(2)23(28)30-20)15-26(24-21)18-7-5-4-6-8-18/h4-12,14-15H,3,13H2,1-2H3. The van der Waals surface area contributed by atoms with Crippen molar-refractivity contribution in [3.05, 3.63) is 71.3 Å². The van der Waals surface area contributed by atoms with Crippen molar-refractivity contribution in [1.29, 1.82) is 0 Å². The molecule has 1 fully saturated rings. The van der Waals surface area contributed by atoms with E-state index in [2.05, 4.69) is 31.2 Å². The van der Waals surface area contributed by atoms with Gasteiger partial charge < -0.3 is 0 Å². The fraction of sp³-hybridized carbons (Fsp3) is 0.174. The average molecular weight is 452 g/mol. The maximum Gasteiger partial charge on any atom is 0.265 e. The van der Waals surface area contributed by atoms with Gasteiger partial charge in [-0.3, -0.25) is 9.69 Å². The van der Waals surface area contributed by atoms with Gasteiger partial charge in [0.25, 0.3) is 5.91 Å². The van der Waals surface area contributed by atoms with E-state index in [1.165, 1.54) is 21.6 Å². The van der Waals surface area contributed by atoms with Crippen LogP contribution in [0.4, 0.5) is 0 Å². The molecule has 0 spiro atoms. The largest absolute Gasteiger partial charge is 0.296 e. The summed E-state index contributed by atoms with van der Waals surface area (Å²) in [7, 11) is 1.71. The lowest BCUT2D eigenvalue weighted by atomic mass is 10.1. The van der Waals surface area contributed by atoms with E-state index in [0.717, 1.165) is 34.7 Å². The minimum atomic E-state index is -0.0743. The first-order chi connectivity index (χ1) is 14.6. The van der Waals surface area contributed by atoms with Crippen LogP contribution in [0.1, 0.15) is 18.9 Å². The zero-order valence-electron chi connectivity index (χ0n) is 16.7. The van der Waals surface area contributed by atoms with Crippen molar-refractivity contribution in [3.8, 4) is 16.9 Å². The molecule has 1 aromatic heterocycles. The number of thiocarbonyl (C=S) groups is 1. The Morgan fingerprint density at radius 3 is 2.50 bits per heavy atom. The Hall–Kier alpha value is -2.35. The molecule has 4 nitrogen and oxygen atoms in total. The second kappa shape index (κ2) is 9.20. The van der Waals surface area contributed by atoms with E-state index < -0.39 is 0 Å². The van der Waals surface area contributed by atoms with Crippen molar-refractivity contribution < 1.29 is 4.79 Å². The molecule has 4 rings (SSSR count). The molecule has 30 heavy (non-hydrogen) atoms. The molecular formula is C23H21N3OS3. The normalized spacial score (nSPS) is 15.4. The van der Waals surface area contributed by atoms with Gasteiger partial charge in [-0.2, -0.15) is 5.10 Å². The molecule has 0 saturated carbocycles. The summed E-state index contributed by atoms with van der Waals surface area (Å²) in [6, 6.07) is 18.4. The van der Waals surface area contributed by atoms with Crippen molar-refractivity contribution in [2.75, 3.05) is 12.8 Å². The number of carbonyl (C=O) groups is 1. The lowest BCUT2D eigenvalue weighted by Crippen LogP contribution is -2.22. The van der Waals surface area contributed by atoms with Crippen LogP contribution >= 0.6 is 35.7 Å². The minimum absolute atomic E-state index is 0.0743. The molecule has 0 N–H and O–H groups in total. The highest BCUT2D eigenvalue weighted by molar-refractivity contribution is 8.26. The zero-order valence-corrected chi connectivity index (χ0v) is 19.2. The van der Waals surface area contributed by atoms with Gasteiger partial charge in [0.05, 0.1) is 16.3 Å². The van der Waals surface area contributed by atoms with Crippen molar-refractivity contribution in [1.82, 2.24) is 14.7 Å². The molecule has 0 unspecified atom stereocenters. The molecule has 2 heterocycles. The van der Waals surface area contributed by atoms with Crippen LogP contribution < -0.4 is 0 Å². The third kappa shape index (κ3) is 4.38. The molecule has 0 radical (unpaired) electrons. The van der Waals surface area contributed by atoms with Crippen LogP contribution in [0.3, 0.4) is 0 Å². The third-order valence-corrected chi connectivity index (χ3v) is 7.34. The van der Waals surface area contributed by atoms with Crippen molar-refractivity contribution >= 4 is 52.0 Å². The number of likely N-dealkylation sites (N-methyl/N-ethyl adjacent to an activating group) is 1. The monoisotopic (exact) mass is 451 g/mol. The predicted molar refractivity (Wildman–Crippen MR) is 131 cm³/mol. The van der Waals surface area contributed by atoms with Crippen molar-refractivity contribution in [2.45, 2.75) is 18.2 Å². The molecule has 1 aliphatic rings. The summed E-state index contributed by atoms with van der Waals surface area (Å²) in [6.45, 7) is 2.18. The van der Waals surface area contributed by atoms with Crippen LogP contribution in [-0.2, 0) is 4.79 Å². The summed E-state index contributed by atoms with van der Waals surface area (Å²) in [4.78, 5) is 15.9. The highest BCUT2D eigenvalue weighted by atomic mass is 32.2. The number of hydrogen-bond donors (Lipinski definition) is 0. The summed E-state index contributed by atoms with van der Waals surface area (Å²) in [5.41, 5.74) is 3.72. The van der Waals surface area contributed by atoms with Crippen LogP contribution in [-0.4, -0.2) is 37.7 Å². The smallest absolute Gasteiger partial charge is 0.265 e. The van der Waals surface area contributed by atoms with Gasteiger partial charge >= 0.3 is 0 Å². The molecule has 0 aliphatic carbocycles. The Morgan fingerprint density at radius 2 is 1.87 bits per heavy atom. The Balaban J connectivity index is 1.76. The average Bonchev–Trinajstić information content (AvgIpc) is 3.30. The first-order valence-electron chi connectivity index (χ1n) is 9.66. The Morgan fingerprint density at radius 1 is 1.13 bits per heavy atom. The van der Waals surface area contributed by atoms with Gasteiger partial charge in [0.15, 0.2) is 0 Å². The van der Waals surface area contributed by atoms with Crippen LogP contribution in [0.5, 0.6) is 0 Å². The van der Waals surface area contributed by atoms with Gasteiger partial charge in [-0.1, -0.05) is 61.2 Å². The second-order valence-corrected chi connectivity index (χ2v) is 9.67. The SMILES string of the molecule is CCCSc1ccc(-c2nn(-c3ccccc3)cc2C=C2SC(=S)N(C)C2=O)cc1. The van der Waals surface area contributed by atoms with E-state index in [1.807, 2.05) is 59.0 Å². The van der Waals surface area contributed by atoms with Crippen LogP contribution in [0.2, 0.25) is 0 Å². The van der Waals surface area contributed by atoms with E-state index in [4.69, 9.17) is 17.3 Å². The predicted octanol–water partition coefficient (Wildman–Crippen LogP) is 5.87. The van der Waals surface area contributed by atoms with Gasteiger partial charge in [0, 0.05) is 29.3 Å². The molecule has 1 amide bonds. The summed E-state index contributed by atoms with van der Waals surface area (Å²) in [5.74, 6) is 1.03. The highest BCUT2D eigenvalue weighted by Gasteiger charge is 2.29. The summed E-state index contributed by atoms with van der Waals surface area (Å²) >= 11 is 8.45. The molecule has 1 saturated heterocycles. The Kier molecular flexibility index (Phi) is 6.41. The maximum atomic E-state index is 12.5. The first-order valence-corrected chi connectivity index (χ1v) is 11.9. The van der Waals surface area contributed by atoms with Crippen LogP contribution in [0.25, 0.3) is 23.0 Å². The number of rotatable bonds is 6. The molecular weight excluding hydrogens is 430 g/mol. The van der Waals surface area contributed by atoms with E-state index in [0.29, 0.717) is 9.23 Å². The molecule has 152 valence electrons. The molecule has 7 heteroatoms. The van der Waals surface area contributed by atoms with Gasteiger partial charge in [0.2, 0.25) is 0 Å². The second-order valence-electron chi connectivity index (χ2n) is 6.83. The van der Waals surface area contributed by atoms with Gasteiger partial charge in [-0.15, -0.1) is 11.8 Å². The van der Waals surface area contributed by atoms with Crippen molar-refractivity contribution in [3.63, 3.8) is 0 Å². The fourth-order valence-corrected chi connectivity index (χ4v) is 4.98. The number of benzene rings is 2.